The monoisotopic (exact) mass is 283 g/mol. The highest BCUT2D eigenvalue weighted by atomic mass is 32.1. The summed E-state index contributed by atoms with van der Waals surface area (Å²) in [5, 5.41) is 0.579. The topological polar surface area (TPSA) is 68.5 Å². The number of rotatable bonds is 7. The zero-order chi connectivity index (χ0) is 13.8. The number of nitrogens with zero attached hydrogens (tertiary/aromatic N) is 2. The molecule has 0 bridgehead atoms. The van der Waals surface area contributed by atoms with Gasteiger partial charge in [0.1, 0.15) is 6.04 Å². The van der Waals surface area contributed by atoms with Crippen LogP contribution in [0.1, 0.15) is 38.0 Å². The van der Waals surface area contributed by atoms with E-state index in [0.29, 0.717) is 17.8 Å². The minimum absolute atomic E-state index is 0.116. The van der Waals surface area contributed by atoms with E-state index in [9.17, 15) is 4.79 Å². The predicted molar refractivity (Wildman–Crippen MR) is 75.8 cm³/mol. The Morgan fingerprint density at radius 1 is 1.63 bits per heavy atom. The summed E-state index contributed by atoms with van der Waals surface area (Å²) < 4.78 is 5.18. The standard InChI is InChI=1S/C13H21N3O2S/c1-3-11(12(17)18-4-2)16(9-5-6-9)8-10-7-15-13(14)19-10/h7,9,11H,3-6,8H2,1-2H3,(H2,14,15). The quantitative estimate of drug-likeness (QED) is 0.775. The van der Waals surface area contributed by atoms with Crippen LogP contribution in [0, 0.1) is 0 Å². The van der Waals surface area contributed by atoms with Gasteiger partial charge in [-0.05, 0) is 26.2 Å². The maximum atomic E-state index is 12.0. The summed E-state index contributed by atoms with van der Waals surface area (Å²) in [5.41, 5.74) is 5.66. The zero-order valence-corrected chi connectivity index (χ0v) is 12.3. The molecule has 0 aromatic carbocycles. The molecule has 0 saturated heterocycles. The minimum Gasteiger partial charge on any atom is -0.465 e. The third-order valence-electron chi connectivity index (χ3n) is 3.27. The number of nitrogens with two attached hydrogens (primary N) is 1. The van der Waals surface area contributed by atoms with Gasteiger partial charge in [0.05, 0.1) is 6.61 Å². The molecule has 6 heteroatoms. The Hall–Kier alpha value is -1.14. The molecule has 0 amide bonds. The minimum atomic E-state index is -0.157. The van der Waals surface area contributed by atoms with Crippen molar-refractivity contribution in [2.45, 2.75) is 51.7 Å². The van der Waals surface area contributed by atoms with Gasteiger partial charge in [-0.2, -0.15) is 0 Å². The Kier molecular flexibility index (Phi) is 4.76. The first-order chi connectivity index (χ1) is 9.15. The van der Waals surface area contributed by atoms with Gasteiger partial charge in [0.2, 0.25) is 0 Å². The molecule has 0 spiro atoms. The van der Waals surface area contributed by atoms with E-state index in [2.05, 4.69) is 9.88 Å². The first-order valence-corrected chi connectivity index (χ1v) is 7.59. The first kappa shape index (κ1) is 14.3. The highest BCUT2D eigenvalue weighted by molar-refractivity contribution is 7.15. The second-order valence-corrected chi connectivity index (χ2v) is 5.89. The molecule has 1 aromatic rings. The van der Waals surface area contributed by atoms with Crippen LogP contribution in [0.3, 0.4) is 0 Å². The van der Waals surface area contributed by atoms with Crippen molar-refractivity contribution in [1.82, 2.24) is 9.88 Å². The average Bonchev–Trinajstić information content (AvgIpc) is 3.13. The molecule has 1 heterocycles. The van der Waals surface area contributed by atoms with Crippen molar-refractivity contribution in [3.8, 4) is 0 Å². The molecule has 1 atom stereocenters. The second-order valence-electron chi connectivity index (χ2n) is 4.74. The van der Waals surface area contributed by atoms with Gasteiger partial charge < -0.3 is 10.5 Å². The summed E-state index contributed by atoms with van der Waals surface area (Å²) in [7, 11) is 0. The van der Waals surface area contributed by atoms with Gasteiger partial charge in [-0.25, -0.2) is 4.98 Å². The molecule has 1 fully saturated rings. The Bertz CT molecular complexity index is 431. The lowest BCUT2D eigenvalue weighted by atomic mass is 10.2. The zero-order valence-electron chi connectivity index (χ0n) is 11.5. The molecule has 1 aliphatic carbocycles. The molecule has 2 rings (SSSR count). The number of nitrogen functional groups attached to an aromatic ring is 1. The Morgan fingerprint density at radius 3 is 2.84 bits per heavy atom. The van der Waals surface area contributed by atoms with Crippen molar-refractivity contribution < 1.29 is 9.53 Å². The fourth-order valence-electron chi connectivity index (χ4n) is 2.25. The van der Waals surface area contributed by atoms with Gasteiger partial charge >= 0.3 is 5.97 Å². The highest BCUT2D eigenvalue weighted by Gasteiger charge is 2.37. The SMILES string of the molecule is CCOC(=O)C(CC)N(Cc1cnc(N)s1)C1CC1. The number of anilines is 1. The number of carbonyl (C=O) groups excluding carboxylic acids is 1. The Balaban J connectivity index is 2.07. The van der Waals surface area contributed by atoms with Crippen LogP contribution >= 0.6 is 11.3 Å². The van der Waals surface area contributed by atoms with Crippen molar-refractivity contribution in [2.24, 2.45) is 0 Å². The van der Waals surface area contributed by atoms with Crippen LogP contribution in [-0.2, 0) is 16.1 Å². The number of esters is 1. The van der Waals surface area contributed by atoms with Crippen molar-refractivity contribution in [1.29, 1.82) is 0 Å². The van der Waals surface area contributed by atoms with E-state index in [-0.39, 0.29) is 12.0 Å². The normalized spacial score (nSPS) is 16.6. The van der Waals surface area contributed by atoms with Crippen LogP contribution in [0.4, 0.5) is 5.13 Å². The van der Waals surface area contributed by atoms with E-state index in [4.69, 9.17) is 10.5 Å². The summed E-state index contributed by atoms with van der Waals surface area (Å²) in [6.07, 6.45) is 4.88. The maximum Gasteiger partial charge on any atom is 0.323 e. The molecule has 19 heavy (non-hydrogen) atoms. The summed E-state index contributed by atoms with van der Waals surface area (Å²) in [4.78, 5) is 19.5. The third-order valence-corrected chi connectivity index (χ3v) is 4.08. The van der Waals surface area contributed by atoms with Crippen molar-refractivity contribution in [3.05, 3.63) is 11.1 Å². The number of carbonyl (C=O) groups is 1. The molecule has 1 unspecified atom stereocenters. The lowest BCUT2D eigenvalue weighted by Crippen LogP contribution is -2.42. The number of hydrogen-bond donors (Lipinski definition) is 1. The molecule has 5 nitrogen and oxygen atoms in total. The molecular formula is C13H21N3O2S. The number of ether oxygens (including phenoxy) is 1. The van der Waals surface area contributed by atoms with E-state index in [1.165, 1.54) is 11.3 Å². The molecule has 1 saturated carbocycles. The van der Waals surface area contributed by atoms with Crippen LogP contribution in [-0.4, -0.2) is 34.5 Å². The average molecular weight is 283 g/mol. The van der Waals surface area contributed by atoms with Crippen LogP contribution < -0.4 is 5.73 Å². The number of thiazole rings is 1. The van der Waals surface area contributed by atoms with Crippen LogP contribution in [0.25, 0.3) is 0 Å². The summed E-state index contributed by atoms with van der Waals surface area (Å²) in [6, 6.07) is 0.341. The van der Waals surface area contributed by atoms with Gasteiger partial charge in [0.25, 0.3) is 0 Å². The fourth-order valence-corrected chi connectivity index (χ4v) is 2.94. The lowest BCUT2D eigenvalue weighted by molar-refractivity contribution is -0.150. The second kappa shape index (κ2) is 6.34. The van der Waals surface area contributed by atoms with E-state index in [1.807, 2.05) is 13.8 Å². The number of hydrogen-bond acceptors (Lipinski definition) is 6. The van der Waals surface area contributed by atoms with Gasteiger partial charge in [-0.1, -0.05) is 6.92 Å². The van der Waals surface area contributed by atoms with Crippen LogP contribution in [0.15, 0.2) is 6.20 Å². The van der Waals surface area contributed by atoms with E-state index in [0.717, 1.165) is 30.7 Å². The summed E-state index contributed by atoms with van der Waals surface area (Å²) in [5.74, 6) is -0.116. The van der Waals surface area contributed by atoms with Gasteiger partial charge in [0.15, 0.2) is 5.13 Å². The van der Waals surface area contributed by atoms with Crippen LogP contribution in [0.5, 0.6) is 0 Å². The Labute approximate surface area is 117 Å². The Morgan fingerprint density at radius 2 is 2.37 bits per heavy atom. The van der Waals surface area contributed by atoms with E-state index >= 15 is 0 Å². The molecular weight excluding hydrogens is 262 g/mol. The van der Waals surface area contributed by atoms with Crippen molar-refractivity contribution in [3.63, 3.8) is 0 Å². The van der Waals surface area contributed by atoms with Gasteiger partial charge in [0, 0.05) is 23.7 Å². The summed E-state index contributed by atoms with van der Waals surface area (Å²) in [6.45, 7) is 5.03. The third kappa shape index (κ3) is 3.67. The first-order valence-electron chi connectivity index (χ1n) is 6.78. The smallest absolute Gasteiger partial charge is 0.323 e. The fraction of sp³-hybridized carbons (Fsp3) is 0.692. The van der Waals surface area contributed by atoms with Gasteiger partial charge in [-0.3, -0.25) is 9.69 Å². The molecule has 0 aliphatic heterocycles. The largest absolute Gasteiger partial charge is 0.465 e. The van der Waals surface area contributed by atoms with Gasteiger partial charge in [-0.15, -0.1) is 11.3 Å². The summed E-state index contributed by atoms with van der Waals surface area (Å²) >= 11 is 1.49. The van der Waals surface area contributed by atoms with E-state index in [1.54, 1.807) is 6.20 Å². The maximum absolute atomic E-state index is 12.0. The predicted octanol–water partition coefficient (Wildman–Crippen LogP) is 2.03. The molecule has 0 radical (unpaired) electrons. The lowest BCUT2D eigenvalue weighted by Gasteiger charge is -2.28. The molecule has 1 aromatic heterocycles. The van der Waals surface area contributed by atoms with Crippen molar-refractivity contribution in [2.75, 3.05) is 12.3 Å². The van der Waals surface area contributed by atoms with Crippen molar-refractivity contribution >= 4 is 22.4 Å². The number of aromatic nitrogens is 1. The molecule has 1 aliphatic rings. The van der Waals surface area contributed by atoms with Crippen LogP contribution in [0.2, 0.25) is 0 Å². The molecule has 2 N–H and O–H groups in total. The molecule has 106 valence electrons. The highest BCUT2D eigenvalue weighted by Crippen LogP contribution is 2.32. The van der Waals surface area contributed by atoms with E-state index < -0.39 is 0 Å².